The number of ether oxygens (including phenoxy) is 2. The molecule has 0 saturated heterocycles. The van der Waals surface area contributed by atoms with Gasteiger partial charge in [0.25, 0.3) is 0 Å². The van der Waals surface area contributed by atoms with Crippen molar-refractivity contribution in [2.24, 2.45) is 0 Å². The van der Waals surface area contributed by atoms with Gasteiger partial charge in [0.05, 0.1) is 19.6 Å². The van der Waals surface area contributed by atoms with Crippen LogP contribution in [0.4, 0.5) is 0 Å². The Morgan fingerprint density at radius 3 is 2.94 bits per heavy atom. The van der Waals surface area contributed by atoms with Gasteiger partial charge in [-0.3, -0.25) is 4.79 Å². The van der Waals surface area contributed by atoms with Crippen LogP contribution in [0, 0.1) is 0 Å². The van der Waals surface area contributed by atoms with Crippen molar-refractivity contribution in [1.82, 2.24) is 0 Å². The monoisotopic (exact) mass is 236 g/mol. The van der Waals surface area contributed by atoms with Gasteiger partial charge >= 0.3 is 5.97 Å². The number of carboxylic acids is 1. The minimum Gasteiger partial charge on any atom is -0.490 e. The molecule has 1 unspecified atom stereocenters. The Bertz CT molecular complexity index is 414. The summed E-state index contributed by atoms with van der Waals surface area (Å²) in [6.45, 7) is 3.14. The van der Waals surface area contributed by atoms with E-state index in [-0.39, 0.29) is 12.3 Å². The van der Waals surface area contributed by atoms with E-state index in [0.717, 1.165) is 17.7 Å². The zero-order chi connectivity index (χ0) is 12.3. The number of benzene rings is 1. The average Bonchev–Trinajstić information content (AvgIpc) is 2.52. The van der Waals surface area contributed by atoms with Gasteiger partial charge in [0.2, 0.25) is 0 Å². The molecule has 1 aliphatic heterocycles. The molecule has 92 valence electrons. The maximum atomic E-state index is 10.7. The largest absolute Gasteiger partial charge is 0.490 e. The van der Waals surface area contributed by atoms with Gasteiger partial charge in [-0.15, -0.1) is 0 Å². The number of rotatable bonds is 3. The van der Waals surface area contributed by atoms with E-state index >= 15 is 0 Å². The second-order valence-corrected chi connectivity index (χ2v) is 4.22. The molecule has 1 aromatic rings. The molecule has 1 N–H and O–H groups in total. The summed E-state index contributed by atoms with van der Waals surface area (Å²) in [5.74, 6) is 0.546. The lowest BCUT2D eigenvalue weighted by molar-refractivity contribution is -0.137. The van der Waals surface area contributed by atoms with E-state index in [0.29, 0.717) is 19.0 Å². The molecule has 0 aromatic heterocycles. The fraction of sp³-hybridized carbons (Fsp3) is 0.462. The molecule has 4 nitrogen and oxygen atoms in total. The van der Waals surface area contributed by atoms with Crippen molar-refractivity contribution in [2.75, 3.05) is 13.2 Å². The first kappa shape index (κ1) is 11.8. The molecule has 0 saturated carbocycles. The third kappa shape index (κ3) is 2.70. The van der Waals surface area contributed by atoms with Crippen LogP contribution in [-0.2, 0) is 4.79 Å². The lowest BCUT2D eigenvalue weighted by atomic mass is 9.96. The highest BCUT2D eigenvalue weighted by molar-refractivity contribution is 5.68. The maximum Gasteiger partial charge on any atom is 0.303 e. The van der Waals surface area contributed by atoms with E-state index in [4.69, 9.17) is 14.6 Å². The summed E-state index contributed by atoms with van der Waals surface area (Å²) in [7, 11) is 0. The van der Waals surface area contributed by atoms with Gasteiger partial charge in [0, 0.05) is 12.0 Å². The predicted molar refractivity (Wildman–Crippen MR) is 62.7 cm³/mol. The highest BCUT2D eigenvalue weighted by atomic mass is 16.5. The van der Waals surface area contributed by atoms with Crippen LogP contribution in [0.1, 0.15) is 31.2 Å². The lowest BCUT2D eigenvalue weighted by Gasteiger charge is -2.16. The normalized spacial score (nSPS) is 16.1. The minimum atomic E-state index is -0.801. The summed E-state index contributed by atoms with van der Waals surface area (Å²) in [6, 6.07) is 5.64. The fourth-order valence-corrected chi connectivity index (χ4v) is 1.98. The standard InChI is InChI=1S/C13H16O4/c1-9(8-12(14)15)10-4-2-5-11-13(10)17-7-3-6-16-11/h2,4-5,9H,3,6-8H2,1H3,(H,14,15). The van der Waals surface area contributed by atoms with Gasteiger partial charge in [-0.25, -0.2) is 0 Å². The summed E-state index contributed by atoms with van der Waals surface area (Å²) in [5.41, 5.74) is 0.909. The molecule has 0 spiro atoms. The second kappa shape index (κ2) is 5.08. The molecule has 1 atom stereocenters. The van der Waals surface area contributed by atoms with Gasteiger partial charge in [-0.05, 0) is 12.0 Å². The zero-order valence-electron chi connectivity index (χ0n) is 9.81. The van der Waals surface area contributed by atoms with Crippen molar-refractivity contribution in [3.63, 3.8) is 0 Å². The number of hydrogen-bond acceptors (Lipinski definition) is 3. The van der Waals surface area contributed by atoms with Crippen LogP contribution in [0.2, 0.25) is 0 Å². The predicted octanol–water partition coefficient (Wildman–Crippen LogP) is 2.43. The van der Waals surface area contributed by atoms with E-state index < -0.39 is 5.97 Å². The summed E-state index contributed by atoms with van der Waals surface area (Å²) in [5, 5.41) is 8.83. The first-order valence-corrected chi connectivity index (χ1v) is 5.79. The number of para-hydroxylation sites is 1. The smallest absolute Gasteiger partial charge is 0.303 e. The Morgan fingerprint density at radius 2 is 2.18 bits per heavy atom. The van der Waals surface area contributed by atoms with Crippen LogP contribution in [0.25, 0.3) is 0 Å². The zero-order valence-corrected chi connectivity index (χ0v) is 9.81. The van der Waals surface area contributed by atoms with Crippen LogP contribution in [0.15, 0.2) is 18.2 Å². The van der Waals surface area contributed by atoms with Gasteiger partial charge in [-0.1, -0.05) is 19.1 Å². The summed E-state index contributed by atoms with van der Waals surface area (Å²) in [4.78, 5) is 10.7. The lowest BCUT2D eigenvalue weighted by Crippen LogP contribution is -2.05. The summed E-state index contributed by atoms with van der Waals surface area (Å²) < 4.78 is 11.2. The van der Waals surface area contributed by atoms with E-state index in [2.05, 4.69) is 0 Å². The fourth-order valence-electron chi connectivity index (χ4n) is 1.98. The van der Waals surface area contributed by atoms with Crippen molar-refractivity contribution in [3.05, 3.63) is 23.8 Å². The van der Waals surface area contributed by atoms with E-state index in [1.807, 2.05) is 25.1 Å². The Kier molecular flexibility index (Phi) is 3.52. The molecule has 4 heteroatoms. The van der Waals surface area contributed by atoms with Crippen molar-refractivity contribution in [1.29, 1.82) is 0 Å². The van der Waals surface area contributed by atoms with Crippen LogP contribution < -0.4 is 9.47 Å². The van der Waals surface area contributed by atoms with Crippen LogP contribution in [0.5, 0.6) is 11.5 Å². The Balaban J connectivity index is 2.30. The molecule has 0 aliphatic carbocycles. The number of hydrogen-bond donors (Lipinski definition) is 1. The molecule has 0 fully saturated rings. The maximum absolute atomic E-state index is 10.7. The second-order valence-electron chi connectivity index (χ2n) is 4.22. The van der Waals surface area contributed by atoms with Gasteiger partial charge in [0.15, 0.2) is 11.5 Å². The van der Waals surface area contributed by atoms with Crippen molar-refractivity contribution >= 4 is 5.97 Å². The molecule has 17 heavy (non-hydrogen) atoms. The molecular formula is C13H16O4. The van der Waals surface area contributed by atoms with E-state index in [1.165, 1.54) is 0 Å². The molecule has 2 rings (SSSR count). The Labute approximate surface area is 100 Å². The van der Waals surface area contributed by atoms with E-state index in [1.54, 1.807) is 0 Å². The molecule has 0 radical (unpaired) electrons. The average molecular weight is 236 g/mol. The summed E-state index contributed by atoms with van der Waals surface area (Å²) in [6.07, 6.45) is 0.946. The number of carbonyl (C=O) groups is 1. The molecule has 1 aliphatic rings. The van der Waals surface area contributed by atoms with Crippen molar-refractivity contribution in [2.45, 2.75) is 25.7 Å². The van der Waals surface area contributed by atoms with Crippen LogP contribution >= 0.6 is 0 Å². The highest BCUT2D eigenvalue weighted by Crippen LogP contribution is 2.38. The summed E-state index contributed by atoms with van der Waals surface area (Å²) >= 11 is 0. The van der Waals surface area contributed by atoms with Crippen molar-refractivity contribution < 1.29 is 19.4 Å². The highest BCUT2D eigenvalue weighted by Gasteiger charge is 2.20. The van der Waals surface area contributed by atoms with Crippen LogP contribution in [-0.4, -0.2) is 24.3 Å². The SMILES string of the molecule is CC(CC(=O)O)c1cccc2c1OCCCO2. The molecule has 0 amide bonds. The minimum absolute atomic E-state index is 0.0795. The molecule has 1 aromatic carbocycles. The Hall–Kier alpha value is -1.71. The molecular weight excluding hydrogens is 220 g/mol. The van der Waals surface area contributed by atoms with Crippen LogP contribution in [0.3, 0.4) is 0 Å². The number of carboxylic acid groups (broad SMARTS) is 1. The van der Waals surface area contributed by atoms with Gasteiger partial charge in [-0.2, -0.15) is 0 Å². The molecule has 0 bridgehead atoms. The van der Waals surface area contributed by atoms with Gasteiger partial charge < -0.3 is 14.6 Å². The topological polar surface area (TPSA) is 55.8 Å². The number of fused-ring (bicyclic) bond motifs is 1. The molecule has 1 heterocycles. The third-order valence-electron chi connectivity index (χ3n) is 2.81. The quantitative estimate of drug-likeness (QED) is 0.875. The number of aliphatic carboxylic acids is 1. The third-order valence-corrected chi connectivity index (χ3v) is 2.81. The first-order chi connectivity index (χ1) is 8.18. The van der Waals surface area contributed by atoms with E-state index in [9.17, 15) is 4.79 Å². The Morgan fingerprint density at radius 1 is 1.41 bits per heavy atom. The van der Waals surface area contributed by atoms with Crippen molar-refractivity contribution in [3.8, 4) is 11.5 Å². The first-order valence-electron chi connectivity index (χ1n) is 5.79. The van der Waals surface area contributed by atoms with Gasteiger partial charge in [0.1, 0.15) is 0 Å².